The summed E-state index contributed by atoms with van der Waals surface area (Å²) in [6, 6.07) is 76.7. The topological polar surface area (TPSA) is 33.5 Å². The van der Waals surface area contributed by atoms with Crippen molar-refractivity contribution in [2.24, 2.45) is 0 Å². The summed E-state index contributed by atoms with van der Waals surface area (Å²) < 4.78 is 44.1. The van der Waals surface area contributed by atoms with Crippen LogP contribution < -0.4 is 14.5 Å². The fraction of sp³-hybridized carbons (Fsp3) is 0.118. The summed E-state index contributed by atoms with van der Waals surface area (Å²) in [5.41, 5.74) is 14.9. The summed E-state index contributed by atoms with van der Waals surface area (Å²) in [5, 5.41) is 1.01. The minimum absolute atomic E-state index is 0. The SMILES string of the molecule is [2H]c1c([2H])c([2H])c2c(c1[2H])c1ccc(Oc3[c-]c(N4[CH-]N(C56c7ccccc7C(c7ccccc7)(c7ccccc75)C5c7ccccc7C6c6ccccc65)c5ccccc54)ccc3)[c-]c1n2-c1cc(C(C)(C)C)ccn1.[Pt]. The fourth-order valence-corrected chi connectivity index (χ4v) is 13.4. The Morgan fingerprint density at radius 3 is 1.86 bits per heavy atom. The van der Waals surface area contributed by atoms with Gasteiger partial charge in [-0.1, -0.05) is 184 Å². The molecule has 0 atom stereocenters. The van der Waals surface area contributed by atoms with Crippen LogP contribution in [0.3, 0.4) is 0 Å². The van der Waals surface area contributed by atoms with Gasteiger partial charge in [0.2, 0.25) is 0 Å². The number of hydrogen-bond acceptors (Lipinski definition) is 4. The first-order chi connectivity index (χ1) is 37.5. The van der Waals surface area contributed by atoms with E-state index in [1.807, 2.05) is 30.3 Å². The third kappa shape index (κ3) is 6.05. The van der Waals surface area contributed by atoms with Gasteiger partial charge in [-0.15, -0.1) is 41.4 Å². The van der Waals surface area contributed by atoms with E-state index in [-0.39, 0.29) is 62.5 Å². The van der Waals surface area contributed by atoms with Gasteiger partial charge in [0.1, 0.15) is 5.82 Å². The van der Waals surface area contributed by atoms with Crippen LogP contribution in [0.5, 0.6) is 11.5 Å². The number of benzene rings is 9. The summed E-state index contributed by atoms with van der Waals surface area (Å²) >= 11 is 0. The van der Waals surface area contributed by atoms with Crippen LogP contribution in [-0.4, -0.2) is 9.55 Å². The van der Waals surface area contributed by atoms with Gasteiger partial charge in [-0.2, -0.15) is 18.8 Å². The summed E-state index contributed by atoms with van der Waals surface area (Å²) in [7, 11) is 0. The molecule has 0 saturated carbocycles. The van der Waals surface area contributed by atoms with Crippen molar-refractivity contribution in [3.63, 3.8) is 0 Å². The van der Waals surface area contributed by atoms with E-state index >= 15 is 0 Å². The Kier molecular flexibility index (Phi) is 9.04. The number of para-hydroxylation sites is 3. The molecule has 18 rings (SSSR count). The van der Waals surface area contributed by atoms with E-state index < -0.39 is 11.0 Å². The van der Waals surface area contributed by atoms with Gasteiger partial charge >= 0.3 is 0 Å². The second-order valence-electron chi connectivity index (χ2n) is 20.8. The molecule has 6 heteroatoms. The molecule has 0 radical (unpaired) electrons. The Morgan fingerprint density at radius 2 is 1.18 bits per heavy atom. The molecule has 4 bridgehead atoms. The molecule has 3 heterocycles. The number of pyridine rings is 1. The first-order valence-corrected chi connectivity index (χ1v) is 25.1. The molecule has 2 aromatic heterocycles. The molecule has 1 aliphatic heterocycles. The molecule has 9 aromatic carbocycles. The maximum atomic E-state index is 9.15. The molecule has 0 spiro atoms. The van der Waals surface area contributed by atoms with Crippen molar-refractivity contribution in [1.29, 1.82) is 0 Å². The quantitative estimate of drug-likeness (QED) is 0.155. The zero-order chi connectivity index (χ0) is 52.1. The largest absolute Gasteiger partial charge is 0.509 e. The number of nitrogens with zero attached hydrogens (tertiary/aromatic N) is 4. The van der Waals surface area contributed by atoms with Gasteiger partial charge in [0, 0.05) is 67.5 Å². The van der Waals surface area contributed by atoms with E-state index in [0.717, 1.165) is 22.6 Å². The van der Waals surface area contributed by atoms with Crippen LogP contribution in [0.25, 0.3) is 27.6 Å². The van der Waals surface area contributed by atoms with Crippen LogP contribution >= 0.6 is 0 Å². The van der Waals surface area contributed by atoms with E-state index in [2.05, 4.69) is 207 Å². The predicted octanol–water partition coefficient (Wildman–Crippen LogP) is 15.8. The van der Waals surface area contributed by atoms with Crippen LogP contribution in [0.1, 0.15) is 93.7 Å². The van der Waals surface area contributed by atoms with Crippen molar-refractivity contribution in [1.82, 2.24) is 9.55 Å². The molecular formula is C68H49N4OPt-3. The average Bonchev–Trinajstić information content (AvgIpc) is 1.42. The molecule has 360 valence electrons. The second-order valence-corrected chi connectivity index (χ2v) is 20.8. The monoisotopic (exact) mass is 1140 g/mol. The molecule has 0 saturated heterocycles. The standard InChI is InChI=1S/C68H49N4O.Pt/c1-66(2,3)45-38-39-69-63(40-45)72-59-33-16-11-24-49(59)50-37-36-48(42-62(50)72)73-47-23-19-22-46(41-47)70-43-71(61-35-18-17-34-60(61)70)68-57-31-14-12-29-55(57)67(44-20-5-4-6-21-44,56-30-13-15-32-58(56)68)64-51-25-7-9-27-53(51)65(68)54-28-10-8-26-52(54)64;/h4-40,43,64-65H,1-3H3;/q-3;/i11D,16D,24D,33D;. The number of aromatic nitrogens is 2. The van der Waals surface area contributed by atoms with Crippen LogP contribution in [0.2, 0.25) is 0 Å². The maximum Gasteiger partial charge on any atom is 0.135 e. The van der Waals surface area contributed by atoms with Crippen molar-refractivity contribution in [3.05, 3.63) is 299 Å². The zero-order valence-corrected chi connectivity index (χ0v) is 43.1. The first kappa shape index (κ1) is 40.5. The van der Waals surface area contributed by atoms with E-state index in [4.69, 9.17) is 15.2 Å². The van der Waals surface area contributed by atoms with Crippen LogP contribution in [0, 0.1) is 18.8 Å². The van der Waals surface area contributed by atoms with Gasteiger partial charge < -0.3 is 19.1 Å². The molecular weight excluding hydrogens is 1080 g/mol. The van der Waals surface area contributed by atoms with Crippen LogP contribution in [0.4, 0.5) is 17.1 Å². The van der Waals surface area contributed by atoms with Crippen molar-refractivity contribution < 1.29 is 31.3 Å². The third-order valence-corrected chi connectivity index (χ3v) is 16.2. The third-order valence-electron chi connectivity index (χ3n) is 16.2. The summed E-state index contributed by atoms with van der Waals surface area (Å²) in [5.74, 6) is 1.25. The van der Waals surface area contributed by atoms with Gasteiger partial charge in [-0.05, 0) is 96.7 Å². The molecule has 5 nitrogen and oxygen atoms in total. The average molecular weight is 1140 g/mol. The summed E-state index contributed by atoms with van der Waals surface area (Å²) in [6.45, 7) is 8.68. The van der Waals surface area contributed by atoms with Crippen LogP contribution in [-0.2, 0) is 37.4 Å². The smallest absolute Gasteiger partial charge is 0.135 e. The Hall–Kier alpha value is -7.98. The molecule has 74 heavy (non-hydrogen) atoms. The Morgan fingerprint density at radius 1 is 0.581 bits per heavy atom. The molecule has 0 unspecified atom stereocenters. The van der Waals surface area contributed by atoms with E-state index in [1.54, 1.807) is 16.8 Å². The summed E-state index contributed by atoms with van der Waals surface area (Å²) in [6.07, 6.45) is 1.75. The Labute approximate surface area is 452 Å². The van der Waals surface area contributed by atoms with Crippen molar-refractivity contribution in [2.75, 3.05) is 9.80 Å². The Bertz CT molecular complexity index is 4190. The minimum atomic E-state index is -0.800. The van der Waals surface area contributed by atoms with E-state index in [9.17, 15) is 0 Å². The maximum absolute atomic E-state index is 9.15. The first-order valence-electron chi connectivity index (χ1n) is 27.1. The molecule has 7 aliphatic rings. The van der Waals surface area contributed by atoms with Gasteiger partial charge in [0.25, 0.3) is 0 Å². The van der Waals surface area contributed by atoms with Gasteiger partial charge in [-0.3, -0.25) is 0 Å². The van der Waals surface area contributed by atoms with Gasteiger partial charge in [0.05, 0.1) is 16.4 Å². The summed E-state index contributed by atoms with van der Waals surface area (Å²) in [4.78, 5) is 9.58. The Balaban J connectivity index is 0.00000552. The van der Waals surface area contributed by atoms with Crippen molar-refractivity contribution >= 4 is 38.9 Å². The van der Waals surface area contributed by atoms with Gasteiger partial charge in [0.15, 0.2) is 0 Å². The number of rotatable bonds is 6. The van der Waals surface area contributed by atoms with Gasteiger partial charge in [-0.25, -0.2) is 4.98 Å². The van der Waals surface area contributed by atoms with Crippen molar-refractivity contribution in [2.45, 2.75) is 49.0 Å². The minimum Gasteiger partial charge on any atom is -0.509 e. The molecule has 0 N–H and O–H groups in total. The number of hydrogen-bond donors (Lipinski definition) is 0. The molecule has 11 aromatic rings. The molecule has 0 amide bonds. The van der Waals surface area contributed by atoms with E-state index in [1.165, 1.54) is 50.1 Å². The zero-order valence-electron chi connectivity index (χ0n) is 44.8. The molecule has 0 fully saturated rings. The van der Waals surface area contributed by atoms with Crippen molar-refractivity contribution in [3.8, 4) is 17.3 Å². The molecule has 6 aliphatic carbocycles. The number of anilines is 3. The fourth-order valence-electron chi connectivity index (χ4n) is 13.4. The normalized spacial score (nSPS) is 20.5. The predicted molar refractivity (Wildman–Crippen MR) is 293 cm³/mol. The number of fused-ring (bicyclic) bond motifs is 4. The number of ether oxygens (including phenoxy) is 1. The van der Waals surface area contributed by atoms with E-state index in [0.29, 0.717) is 39.1 Å². The second kappa shape index (κ2) is 16.5. The van der Waals surface area contributed by atoms with Crippen LogP contribution in [0.15, 0.2) is 224 Å².